The lowest BCUT2D eigenvalue weighted by molar-refractivity contribution is 0.448. The number of aryl methyl sites for hydroxylation is 6. The summed E-state index contributed by atoms with van der Waals surface area (Å²) >= 11 is 4.44. The number of hydrogen-bond acceptors (Lipinski definition) is 10. The van der Waals surface area contributed by atoms with Gasteiger partial charge in [-0.15, -0.1) is 0 Å². The van der Waals surface area contributed by atoms with Gasteiger partial charge in [0.25, 0.3) is 0 Å². The van der Waals surface area contributed by atoms with Crippen molar-refractivity contribution in [1.29, 1.82) is 0 Å². The summed E-state index contributed by atoms with van der Waals surface area (Å²) < 4.78 is 1.74. The van der Waals surface area contributed by atoms with Gasteiger partial charge < -0.3 is 51.1 Å². The van der Waals surface area contributed by atoms with E-state index in [1.165, 1.54) is 0 Å². The molecule has 462 valence electrons. The van der Waals surface area contributed by atoms with Crippen LogP contribution < -0.4 is 0 Å². The lowest BCUT2D eigenvalue weighted by atomic mass is 9.89. The van der Waals surface area contributed by atoms with Crippen molar-refractivity contribution in [3.8, 4) is 81.2 Å². The molecule has 20 bridgehead atoms. The van der Waals surface area contributed by atoms with Crippen LogP contribution in [0.2, 0.25) is 0 Å². The highest BCUT2D eigenvalue weighted by atomic mass is 127. The normalized spacial score (nSPS) is 12.8. The number of halogens is 2. The fourth-order valence-electron chi connectivity index (χ4n) is 13.7. The van der Waals surface area contributed by atoms with Crippen LogP contribution in [0.1, 0.15) is 156 Å². The first-order chi connectivity index (χ1) is 43.9. The van der Waals surface area contributed by atoms with Crippen LogP contribution in [-0.4, -0.2) is 51.1 Å². The average Bonchev–Trinajstić information content (AvgIpc) is 0.846. The Bertz CT molecular complexity index is 4300. The standard InChI is InChI=1S/C80H68I2O10/c1-41-11-49-27-51-13-43(3)19-57(73(51)85)33-65-37-69(81)39-67(79(65)91)35-59-21-45(5)17-55(75(59)87)31-63-25-47(23-61(77(63)89)29-53(15-41)71(49)83)9-7-8-10-48-24-62-30-54-16-42(2)12-50(72(54)84)28-52-14-44(4)20-58(74(52)86)34-66-38-70(82)40-68(80(66)92)36-60-22-46(6)18-56(76(60)88)32-64(26-48)78(62)90/h11-26,37-40,83-92H,27-36H2,1-6H3. The Balaban J connectivity index is 0.975. The van der Waals surface area contributed by atoms with Crippen LogP contribution in [0.15, 0.2) is 121 Å². The summed E-state index contributed by atoms with van der Waals surface area (Å²) in [6.45, 7) is 11.6. The van der Waals surface area contributed by atoms with Crippen LogP contribution in [0.3, 0.4) is 0 Å². The molecule has 12 heteroatoms. The number of fused-ring (bicyclic) bond motifs is 20. The van der Waals surface area contributed by atoms with Gasteiger partial charge in [0.15, 0.2) is 0 Å². The van der Waals surface area contributed by atoms with Gasteiger partial charge in [-0.3, -0.25) is 0 Å². The van der Waals surface area contributed by atoms with Gasteiger partial charge >= 0.3 is 0 Å². The molecule has 10 aromatic carbocycles. The summed E-state index contributed by atoms with van der Waals surface area (Å²) in [5.74, 6) is 12.8. The van der Waals surface area contributed by atoms with Gasteiger partial charge in [-0.1, -0.05) is 118 Å². The third-order valence-corrected chi connectivity index (χ3v) is 19.0. The van der Waals surface area contributed by atoms with E-state index in [0.29, 0.717) is 122 Å². The Kier molecular flexibility index (Phi) is 17.4. The number of phenols is 10. The summed E-state index contributed by atoms with van der Waals surface area (Å²) in [6.07, 6.45) is 1.70. The number of rotatable bonds is 0. The molecule has 10 nitrogen and oxygen atoms in total. The summed E-state index contributed by atoms with van der Waals surface area (Å²) in [5.41, 5.74) is 17.5. The molecule has 0 saturated carbocycles. The van der Waals surface area contributed by atoms with Crippen LogP contribution >= 0.6 is 45.2 Å². The Morgan fingerprint density at radius 3 is 0.467 bits per heavy atom. The first-order valence-electron chi connectivity index (χ1n) is 30.5. The van der Waals surface area contributed by atoms with Crippen LogP contribution in [0.5, 0.6) is 57.5 Å². The lowest BCUT2D eigenvalue weighted by Crippen LogP contribution is -2.03. The molecule has 0 saturated heterocycles. The second-order valence-electron chi connectivity index (χ2n) is 25.3. The maximum absolute atomic E-state index is 12.3. The van der Waals surface area contributed by atoms with E-state index < -0.39 is 0 Å². The van der Waals surface area contributed by atoms with Crippen molar-refractivity contribution < 1.29 is 51.1 Å². The summed E-state index contributed by atoms with van der Waals surface area (Å²) in [6, 6.07) is 37.3. The molecule has 0 atom stereocenters. The summed E-state index contributed by atoms with van der Waals surface area (Å²) in [5, 5.41) is 121. The summed E-state index contributed by atoms with van der Waals surface area (Å²) in [4.78, 5) is 0. The van der Waals surface area contributed by atoms with Crippen molar-refractivity contribution in [2.45, 2.75) is 106 Å². The molecule has 2 aliphatic rings. The highest BCUT2D eigenvalue weighted by Gasteiger charge is 2.25. The highest BCUT2D eigenvalue weighted by molar-refractivity contribution is 14.1. The topological polar surface area (TPSA) is 202 Å². The maximum Gasteiger partial charge on any atom is 0.122 e. The fraction of sp³-hybridized carbons (Fsp3) is 0.200. The van der Waals surface area contributed by atoms with E-state index in [4.69, 9.17) is 0 Å². The van der Waals surface area contributed by atoms with Gasteiger partial charge in [0, 0.05) is 82.5 Å². The molecule has 0 spiro atoms. The van der Waals surface area contributed by atoms with Gasteiger partial charge in [0.05, 0.1) is 0 Å². The van der Waals surface area contributed by atoms with Gasteiger partial charge in [-0.25, -0.2) is 0 Å². The third-order valence-electron chi connectivity index (χ3n) is 17.8. The smallest absolute Gasteiger partial charge is 0.122 e. The fourth-order valence-corrected chi connectivity index (χ4v) is 15.2. The second kappa shape index (κ2) is 25.5. The molecule has 92 heavy (non-hydrogen) atoms. The lowest BCUT2D eigenvalue weighted by Gasteiger charge is -2.19. The number of phenolic OH excluding ortho intramolecular Hbond substituents is 10. The minimum atomic E-state index is -0.0387. The van der Waals surface area contributed by atoms with E-state index in [1.807, 2.05) is 139 Å². The quantitative estimate of drug-likeness (QED) is 0.0514. The SMILES string of the molecule is Cc1cc2c(O)c(c1)Cc1cc(I)cc(c1O)Cc1cc(C)cc(c1O)Cc1cc(C#CC#Cc3cc4c(O)c(c3)Cc3cc(C)cc(c3O)Cc3cc(I)cc(c3O)Cc3cc(C)cc(c3O)Cc3cc(C)cc(c3O)C4)cc(c1O)Cc1cc(C)cc(c1O)C2. The maximum atomic E-state index is 12.3. The summed E-state index contributed by atoms with van der Waals surface area (Å²) in [7, 11) is 0. The molecular weight excluding hydrogens is 1370 g/mol. The van der Waals surface area contributed by atoms with Gasteiger partial charge in [0.2, 0.25) is 0 Å². The van der Waals surface area contributed by atoms with Crippen molar-refractivity contribution >= 4 is 45.2 Å². The number of aromatic hydroxyl groups is 10. The molecule has 2 aliphatic carbocycles. The zero-order chi connectivity index (χ0) is 65.1. The Morgan fingerprint density at radius 2 is 0.326 bits per heavy atom. The van der Waals surface area contributed by atoms with Gasteiger partial charge in [-0.05, 0) is 258 Å². The Labute approximate surface area is 563 Å². The molecule has 0 heterocycles. The highest BCUT2D eigenvalue weighted by Crippen LogP contribution is 2.43. The largest absolute Gasteiger partial charge is 0.507 e. The number of hydrogen-bond donors (Lipinski definition) is 10. The van der Waals surface area contributed by atoms with Gasteiger partial charge in [0.1, 0.15) is 57.5 Å². The van der Waals surface area contributed by atoms with E-state index in [0.717, 1.165) is 40.5 Å². The molecule has 10 aromatic rings. The van der Waals surface area contributed by atoms with E-state index in [2.05, 4.69) is 68.9 Å². The van der Waals surface area contributed by atoms with Crippen molar-refractivity contribution in [3.63, 3.8) is 0 Å². The molecular formula is C80H68I2O10. The van der Waals surface area contributed by atoms with E-state index in [1.54, 1.807) is 24.3 Å². The first-order valence-corrected chi connectivity index (χ1v) is 32.6. The number of benzene rings is 10. The van der Waals surface area contributed by atoms with Gasteiger partial charge in [-0.2, -0.15) is 0 Å². The van der Waals surface area contributed by atoms with Crippen molar-refractivity contribution in [2.24, 2.45) is 0 Å². The molecule has 10 N–H and O–H groups in total. The third kappa shape index (κ3) is 13.1. The Hall–Kier alpha value is -9.22. The predicted molar refractivity (Wildman–Crippen MR) is 377 cm³/mol. The first kappa shape index (κ1) is 63.0. The zero-order valence-corrected chi connectivity index (χ0v) is 56.2. The minimum absolute atomic E-state index is 0.0145. The second-order valence-corrected chi connectivity index (χ2v) is 27.8. The van der Waals surface area contributed by atoms with E-state index >= 15 is 0 Å². The van der Waals surface area contributed by atoms with Crippen LogP contribution in [0, 0.1) is 72.4 Å². The monoisotopic (exact) mass is 1440 g/mol. The van der Waals surface area contributed by atoms with Crippen LogP contribution in [0.4, 0.5) is 0 Å². The average molecular weight is 1440 g/mol. The zero-order valence-electron chi connectivity index (χ0n) is 51.8. The van der Waals surface area contributed by atoms with Crippen molar-refractivity contribution in [3.05, 3.63) is 284 Å². The Morgan fingerprint density at radius 1 is 0.207 bits per heavy atom. The molecule has 0 aliphatic heterocycles. The molecule has 0 aromatic heterocycles. The molecule has 0 fully saturated rings. The van der Waals surface area contributed by atoms with Crippen LogP contribution in [0.25, 0.3) is 0 Å². The van der Waals surface area contributed by atoms with Crippen LogP contribution in [-0.2, 0) is 64.2 Å². The minimum Gasteiger partial charge on any atom is -0.507 e. The van der Waals surface area contributed by atoms with Crippen molar-refractivity contribution in [1.82, 2.24) is 0 Å². The molecule has 0 amide bonds. The molecule has 12 rings (SSSR count). The predicted octanol–water partition coefficient (Wildman–Crippen LogP) is 15.7. The molecule has 0 radical (unpaired) electrons. The van der Waals surface area contributed by atoms with Crippen molar-refractivity contribution in [2.75, 3.05) is 0 Å². The van der Waals surface area contributed by atoms with E-state index in [9.17, 15) is 51.1 Å². The van der Waals surface area contributed by atoms with E-state index in [-0.39, 0.29) is 122 Å². The molecule has 0 unspecified atom stereocenters.